The molecular weight excluding hydrogens is 366 g/mol. The van der Waals surface area contributed by atoms with Crippen molar-refractivity contribution in [2.75, 3.05) is 19.6 Å². The first kappa shape index (κ1) is 20.6. The molecule has 6 heteroatoms. The molecule has 2 heterocycles. The van der Waals surface area contributed by atoms with Crippen molar-refractivity contribution in [1.82, 2.24) is 15.2 Å². The summed E-state index contributed by atoms with van der Waals surface area (Å²) >= 11 is 0. The Morgan fingerprint density at radius 2 is 2.00 bits per heavy atom. The van der Waals surface area contributed by atoms with E-state index < -0.39 is 5.41 Å². The average Bonchev–Trinajstić information content (AvgIpc) is 2.71. The normalized spacial score (nSPS) is 14.4. The first-order chi connectivity index (χ1) is 13.7. The van der Waals surface area contributed by atoms with Gasteiger partial charge in [-0.05, 0) is 44.7 Å². The van der Waals surface area contributed by atoms with E-state index in [1.54, 1.807) is 17.0 Å². The van der Waals surface area contributed by atoms with E-state index in [1.807, 2.05) is 39.0 Å². The van der Waals surface area contributed by atoms with Crippen LogP contribution >= 0.6 is 0 Å². The lowest BCUT2D eigenvalue weighted by Crippen LogP contribution is -2.40. The highest BCUT2D eigenvalue weighted by atomic mass is 16.2. The SMILES string of the molecule is C=C(C)C(C)(C)C(=O)NCC1=CCN(C(=O)c2cccc3ccc(=O)[nH]c23)CC1. The van der Waals surface area contributed by atoms with Crippen LogP contribution in [0.2, 0.25) is 0 Å². The maximum Gasteiger partial charge on any atom is 0.256 e. The number of nitrogens with one attached hydrogen (secondary N) is 2. The number of benzene rings is 1. The topological polar surface area (TPSA) is 82.3 Å². The Kier molecular flexibility index (Phi) is 5.73. The number of hydrogen-bond donors (Lipinski definition) is 2. The van der Waals surface area contributed by atoms with Crippen molar-refractivity contribution >= 4 is 22.7 Å². The van der Waals surface area contributed by atoms with Gasteiger partial charge in [-0.15, -0.1) is 0 Å². The van der Waals surface area contributed by atoms with Gasteiger partial charge in [-0.1, -0.05) is 35.9 Å². The largest absolute Gasteiger partial charge is 0.352 e. The van der Waals surface area contributed by atoms with E-state index in [1.165, 1.54) is 6.07 Å². The minimum Gasteiger partial charge on any atom is -0.352 e. The Morgan fingerprint density at radius 1 is 1.24 bits per heavy atom. The number of H-pyrrole nitrogens is 1. The Bertz CT molecular complexity index is 1060. The van der Waals surface area contributed by atoms with Gasteiger partial charge in [-0.25, -0.2) is 0 Å². The van der Waals surface area contributed by atoms with E-state index >= 15 is 0 Å². The van der Waals surface area contributed by atoms with Crippen molar-refractivity contribution in [3.8, 4) is 0 Å². The van der Waals surface area contributed by atoms with E-state index in [9.17, 15) is 14.4 Å². The minimum atomic E-state index is -0.609. The van der Waals surface area contributed by atoms with E-state index in [0.29, 0.717) is 37.1 Å². The highest BCUT2D eigenvalue weighted by Gasteiger charge is 2.28. The number of amides is 2. The van der Waals surface area contributed by atoms with Crippen molar-refractivity contribution in [2.24, 2.45) is 5.41 Å². The van der Waals surface area contributed by atoms with Crippen molar-refractivity contribution in [1.29, 1.82) is 0 Å². The van der Waals surface area contributed by atoms with Gasteiger partial charge in [0.2, 0.25) is 11.5 Å². The van der Waals surface area contributed by atoms with Gasteiger partial charge in [-0.3, -0.25) is 14.4 Å². The number of hydrogen-bond acceptors (Lipinski definition) is 3. The highest BCUT2D eigenvalue weighted by molar-refractivity contribution is 6.05. The molecule has 6 nitrogen and oxygen atoms in total. The van der Waals surface area contributed by atoms with Crippen LogP contribution in [0.4, 0.5) is 0 Å². The molecule has 0 spiro atoms. The summed E-state index contributed by atoms with van der Waals surface area (Å²) in [6.45, 7) is 11.0. The summed E-state index contributed by atoms with van der Waals surface area (Å²) in [7, 11) is 0. The molecule has 152 valence electrons. The van der Waals surface area contributed by atoms with Crippen LogP contribution in [-0.4, -0.2) is 41.3 Å². The fraction of sp³-hybridized carbons (Fsp3) is 0.348. The lowest BCUT2D eigenvalue weighted by Gasteiger charge is -2.28. The van der Waals surface area contributed by atoms with E-state index in [2.05, 4.69) is 16.9 Å². The summed E-state index contributed by atoms with van der Waals surface area (Å²) in [6.07, 6.45) is 2.68. The number of rotatable bonds is 5. The van der Waals surface area contributed by atoms with Crippen molar-refractivity contribution < 1.29 is 9.59 Å². The molecule has 1 aliphatic rings. The van der Waals surface area contributed by atoms with Gasteiger partial charge in [0.1, 0.15) is 0 Å². The molecule has 0 bridgehead atoms. The van der Waals surface area contributed by atoms with Crippen molar-refractivity contribution in [3.63, 3.8) is 0 Å². The van der Waals surface area contributed by atoms with Crippen LogP contribution in [0, 0.1) is 5.41 Å². The molecule has 0 unspecified atom stereocenters. The number of aromatic amines is 1. The van der Waals surface area contributed by atoms with Gasteiger partial charge >= 0.3 is 0 Å². The number of aromatic nitrogens is 1. The van der Waals surface area contributed by atoms with Crippen LogP contribution in [0.5, 0.6) is 0 Å². The molecule has 2 N–H and O–H groups in total. The summed E-state index contributed by atoms with van der Waals surface area (Å²) < 4.78 is 0. The molecule has 2 amide bonds. The molecule has 0 fully saturated rings. The first-order valence-corrected chi connectivity index (χ1v) is 9.73. The molecule has 1 aromatic carbocycles. The molecule has 1 aromatic heterocycles. The number of fused-ring (bicyclic) bond motifs is 1. The first-order valence-electron chi connectivity index (χ1n) is 9.73. The zero-order valence-electron chi connectivity index (χ0n) is 17.2. The predicted octanol–water partition coefficient (Wildman–Crippen LogP) is 3.02. The number of para-hydroxylation sites is 1. The molecule has 29 heavy (non-hydrogen) atoms. The third-order valence-corrected chi connectivity index (χ3v) is 5.69. The molecule has 0 saturated carbocycles. The maximum absolute atomic E-state index is 13.0. The fourth-order valence-electron chi connectivity index (χ4n) is 3.19. The number of carbonyl (C=O) groups excluding carboxylic acids is 2. The molecular formula is C23H27N3O3. The van der Waals surface area contributed by atoms with Crippen molar-refractivity contribution in [3.05, 3.63) is 70.1 Å². The fourth-order valence-corrected chi connectivity index (χ4v) is 3.19. The second-order valence-electron chi connectivity index (χ2n) is 8.04. The van der Waals surface area contributed by atoms with Gasteiger partial charge in [0.05, 0.1) is 16.5 Å². The molecule has 0 aliphatic carbocycles. The zero-order chi connectivity index (χ0) is 21.2. The summed E-state index contributed by atoms with van der Waals surface area (Å²) in [4.78, 5) is 41.6. The third kappa shape index (κ3) is 4.31. The van der Waals surface area contributed by atoms with E-state index in [0.717, 1.165) is 16.5 Å². The van der Waals surface area contributed by atoms with Crippen LogP contribution in [0.25, 0.3) is 10.9 Å². The lowest BCUT2D eigenvalue weighted by molar-refractivity contribution is -0.127. The van der Waals surface area contributed by atoms with Gasteiger partial charge in [0.25, 0.3) is 5.91 Å². The number of carbonyl (C=O) groups is 2. The quantitative estimate of drug-likeness (QED) is 0.766. The summed E-state index contributed by atoms with van der Waals surface area (Å²) in [5, 5.41) is 3.79. The Labute approximate surface area is 170 Å². The van der Waals surface area contributed by atoms with Crippen LogP contribution in [0.3, 0.4) is 0 Å². The maximum atomic E-state index is 13.0. The zero-order valence-corrected chi connectivity index (χ0v) is 17.2. The minimum absolute atomic E-state index is 0.0517. The lowest BCUT2D eigenvalue weighted by atomic mass is 9.85. The standard InChI is InChI=1S/C23H27N3O3/c1-15(2)23(3,4)22(29)24-14-16-10-12-26(13-11-16)21(28)18-7-5-6-17-8-9-19(27)25-20(17)18/h5-10H,1,11-14H2,2-4H3,(H,24,29)(H,25,27). The number of pyridine rings is 1. The van der Waals surface area contributed by atoms with E-state index in [4.69, 9.17) is 0 Å². The van der Waals surface area contributed by atoms with Crippen molar-refractivity contribution in [2.45, 2.75) is 27.2 Å². The van der Waals surface area contributed by atoms with Crippen LogP contribution < -0.4 is 10.9 Å². The van der Waals surface area contributed by atoms with Gasteiger partial charge in [-0.2, -0.15) is 0 Å². The van der Waals surface area contributed by atoms with Gasteiger partial charge in [0, 0.05) is 25.7 Å². The Morgan fingerprint density at radius 3 is 2.66 bits per heavy atom. The smallest absolute Gasteiger partial charge is 0.256 e. The molecule has 0 saturated heterocycles. The molecule has 0 radical (unpaired) electrons. The van der Waals surface area contributed by atoms with E-state index in [-0.39, 0.29) is 17.4 Å². The monoisotopic (exact) mass is 393 g/mol. The second kappa shape index (κ2) is 8.07. The summed E-state index contributed by atoms with van der Waals surface area (Å²) in [6, 6.07) is 8.59. The predicted molar refractivity (Wildman–Crippen MR) is 115 cm³/mol. The van der Waals surface area contributed by atoms with Crippen LogP contribution in [0.1, 0.15) is 37.6 Å². The summed E-state index contributed by atoms with van der Waals surface area (Å²) in [5.74, 6) is -0.163. The third-order valence-electron chi connectivity index (χ3n) is 5.69. The highest BCUT2D eigenvalue weighted by Crippen LogP contribution is 2.24. The molecule has 3 rings (SSSR count). The average molecular weight is 393 g/mol. The Hall–Kier alpha value is -3.15. The van der Waals surface area contributed by atoms with Crippen LogP contribution in [-0.2, 0) is 4.79 Å². The van der Waals surface area contributed by atoms with Gasteiger partial charge in [0.15, 0.2) is 0 Å². The summed E-state index contributed by atoms with van der Waals surface area (Å²) in [5.41, 5.74) is 2.14. The van der Waals surface area contributed by atoms with Crippen LogP contribution in [0.15, 0.2) is 58.9 Å². The van der Waals surface area contributed by atoms with Gasteiger partial charge < -0.3 is 15.2 Å². The Balaban J connectivity index is 1.67. The molecule has 1 aliphatic heterocycles. The molecule has 2 aromatic rings. The number of nitrogens with zero attached hydrogens (tertiary/aromatic N) is 1. The molecule has 0 atom stereocenters. The second-order valence-corrected chi connectivity index (χ2v) is 8.04.